The molecule has 0 aliphatic heterocycles. The highest BCUT2D eigenvalue weighted by atomic mass is 35.5. The van der Waals surface area contributed by atoms with Gasteiger partial charge < -0.3 is 5.32 Å². The molecular formula is C21H18ClN5O2. The van der Waals surface area contributed by atoms with Crippen LogP contribution in [0.25, 0.3) is 27.8 Å². The van der Waals surface area contributed by atoms with E-state index in [0.29, 0.717) is 27.3 Å². The molecule has 0 aliphatic rings. The Labute approximate surface area is 172 Å². The first-order chi connectivity index (χ1) is 13.9. The topological polar surface area (TPSA) is 85.9 Å². The molecule has 146 valence electrons. The monoisotopic (exact) mass is 407 g/mol. The first kappa shape index (κ1) is 18.9. The Morgan fingerprint density at radius 1 is 1.07 bits per heavy atom. The first-order valence-corrected chi connectivity index (χ1v) is 9.37. The number of fused-ring (bicyclic) bond motifs is 1. The summed E-state index contributed by atoms with van der Waals surface area (Å²) in [5.74, 6) is 0.188. The summed E-state index contributed by atoms with van der Waals surface area (Å²) in [6.07, 6.45) is 0. The predicted octanol–water partition coefficient (Wildman–Crippen LogP) is 5.31. The molecule has 2 aromatic heterocycles. The van der Waals surface area contributed by atoms with E-state index in [-0.39, 0.29) is 11.5 Å². The molecule has 0 saturated carbocycles. The summed E-state index contributed by atoms with van der Waals surface area (Å²) in [5.41, 5.74) is 4.21. The van der Waals surface area contributed by atoms with E-state index in [0.717, 1.165) is 16.8 Å². The van der Waals surface area contributed by atoms with Gasteiger partial charge in [0.25, 0.3) is 0 Å². The van der Waals surface area contributed by atoms with Crippen LogP contribution in [0, 0.1) is 24.0 Å². The largest absolute Gasteiger partial charge is 0.367 e. The van der Waals surface area contributed by atoms with Gasteiger partial charge in [0.15, 0.2) is 5.65 Å². The number of anilines is 1. The molecule has 4 rings (SSSR count). The lowest BCUT2D eigenvalue weighted by Gasteiger charge is -2.11. The number of nitrogens with zero attached hydrogens (tertiary/aromatic N) is 4. The first-order valence-electron chi connectivity index (χ1n) is 8.99. The third kappa shape index (κ3) is 3.19. The van der Waals surface area contributed by atoms with Crippen LogP contribution in [0.5, 0.6) is 0 Å². The third-order valence-electron chi connectivity index (χ3n) is 4.80. The molecule has 0 spiro atoms. The van der Waals surface area contributed by atoms with Crippen molar-refractivity contribution in [2.24, 2.45) is 0 Å². The molecule has 4 aromatic rings. The molecule has 0 aliphatic carbocycles. The van der Waals surface area contributed by atoms with Gasteiger partial charge in [-0.3, -0.25) is 10.1 Å². The average molecular weight is 408 g/mol. The number of nitrogens with one attached hydrogen (secondary N) is 1. The van der Waals surface area contributed by atoms with Gasteiger partial charge in [-0.05, 0) is 43.7 Å². The Kier molecular flexibility index (Phi) is 4.68. The third-order valence-corrected chi connectivity index (χ3v) is 5.05. The van der Waals surface area contributed by atoms with E-state index < -0.39 is 4.92 Å². The molecule has 0 saturated heterocycles. The fourth-order valence-electron chi connectivity index (χ4n) is 3.42. The van der Waals surface area contributed by atoms with Crippen molar-refractivity contribution in [2.75, 3.05) is 12.4 Å². The predicted molar refractivity (Wildman–Crippen MR) is 115 cm³/mol. The molecule has 1 N–H and O–H groups in total. The van der Waals surface area contributed by atoms with Crippen LogP contribution in [0.2, 0.25) is 5.02 Å². The summed E-state index contributed by atoms with van der Waals surface area (Å²) in [6, 6.07) is 14.8. The van der Waals surface area contributed by atoms with Gasteiger partial charge in [0.2, 0.25) is 5.82 Å². The zero-order valence-corrected chi connectivity index (χ0v) is 16.9. The van der Waals surface area contributed by atoms with Crippen LogP contribution >= 0.6 is 11.6 Å². The molecular weight excluding hydrogens is 390 g/mol. The normalized spacial score (nSPS) is 11.0. The minimum Gasteiger partial charge on any atom is -0.367 e. The van der Waals surface area contributed by atoms with Crippen LogP contribution < -0.4 is 5.32 Å². The highest BCUT2D eigenvalue weighted by Crippen LogP contribution is 2.42. The van der Waals surface area contributed by atoms with Gasteiger partial charge in [-0.1, -0.05) is 41.4 Å². The van der Waals surface area contributed by atoms with E-state index >= 15 is 0 Å². The number of hydrogen-bond acceptors (Lipinski definition) is 5. The second kappa shape index (κ2) is 7.18. The molecule has 0 atom stereocenters. The second-order valence-corrected chi connectivity index (χ2v) is 7.17. The molecule has 8 heteroatoms. The van der Waals surface area contributed by atoms with Gasteiger partial charge in [-0.15, -0.1) is 0 Å². The Bertz CT molecular complexity index is 1230. The van der Waals surface area contributed by atoms with Crippen LogP contribution in [0.15, 0.2) is 48.5 Å². The van der Waals surface area contributed by atoms with Crippen LogP contribution in [-0.4, -0.2) is 26.7 Å². The number of aromatic nitrogens is 3. The molecule has 7 nitrogen and oxygen atoms in total. The Balaban J connectivity index is 2.13. The van der Waals surface area contributed by atoms with E-state index in [1.807, 2.05) is 50.2 Å². The lowest BCUT2D eigenvalue weighted by Crippen LogP contribution is -2.04. The summed E-state index contributed by atoms with van der Waals surface area (Å²) in [4.78, 5) is 16.2. The van der Waals surface area contributed by atoms with Crippen LogP contribution in [0.3, 0.4) is 0 Å². The number of aryl methyl sites for hydroxylation is 2. The smallest absolute Gasteiger partial charge is 0.319 e. The van der Waals surface area contributed by atoms with Gasteiger partial charge in [0.05, 0.1) is 27.3 Å². The Morgan fingerprint density at radius 3 is 2.31 bits per heavy atom. The number of pyridine rings is 1. The second-order valence-electron chi connectivity index (χ2n) is 6.73. The van der Waals surface area contributed by atoms with Gasteiger partial charge in [0.1, 0.15) is 0 Å². The zero-order valence-electron chi connectivity index (χ0n) is 16.1. The van der Waals surface area contributed by atoms with Crippen LogP contribution in [-0.2, 0) is 0 Å². The van der Waals surface area contributed by atoms with Crippen molar-refractivity contribution in [3.05, 3.63) is 74.9 Å². The van der Waals surface area contributed by atoms with Gasteiger partial charge >= 0.3 is 5.69 Å². The van der Waals surface area contributed by atoms with Crippen molar-refractivity contribution in [1.82, 2.24) is 14.8 Å². The Hall–Kier alpha value is -3.45. The maximum atomic E-state index is 12.0. The maximum Gasteiger partial charge on any atom is 0.319 e. The van der Waals surface area contributed by atoms with Crippen molar-refractivity contribution in [2.45, 2.75) is 13.8 Å². The average Bonchev–Trinajstić information content (AvgIpc) is 3.04. The number of rotatable bonds is 4. The van der Waals surface area contributed by atoms with Gasteiger partial charge in [-0.25, -0.2) is 9.67 Å². The molecule has 0 unspecified atom stereocenters. The van der Waals surface area contributed by atoms with E-state index in [4.69, 9.17) is 11.6 Å². The zero-order chi connectivity index (χ0) is 20.7. The summed E-state index contributed by atoms with van der Waals surface area (Å²) < 4.78 is 1.68. The van der Waals surface area contributed by atoms with Crippen molar-refractivity contribution < 1.29 is 4.92 Å². The highest BCUT2D eigenvalue weighted by Gasteiger charge is 2.29. The molecule has 0 amide bonds. The highest BCUT2D eigenvalue weighted by molar-refractivity contribution is 6.30. The summed E-state index contributed by atoms with van der Waals surface area (Å²) in [7, 11) is 1.62. The van der Waals surface area contributed by atoms with Crippen LogP contribution in [0.1, 0.15) is 11.3 Å². The molecule has 0 fully saturated rings. The van der Waals surface area contributed by atoms with Gasteiger partial charge in [0, 0.05) is 12.1 Å². The lowest BCUT2D eigenvalue weighted by molar-refractivity contribution is -0.383. The molecule has 0 radical (unpaired) electrons. The SMILES string of the molecule is CNc1nc2c(c(C)nn2-c2ccc(Cl)cc2)c(-c2ccc(C)cc2)c1[N+](=O)[O-]. The number of hydrogen-bond donors (Lipinski definition) is 1. The summed E-state index contributed by atoms with van der Waals surface area (Å²) >= 11 is 6.01. The number of halogens is 1. The van der Waals surface area contributed by atoms with Crippen molar-refractivity contribution in [1.29, 1.82) is 0 Å². The molecule has 2 aromatic carbocycles. The fourth-order valence-corrected chi connectivity index (χ4v) is 3.55. The van der Waals surface area contributed by atoms with Crippen molar-refractivity contribution >= 4 is 34.1 Å². The molecule has 2 heterocycles. The Morgan fingerprint density at radius 2 is 1.72 bits per heavy atom. The van der Waals surface area contributed by atoms with Crippen molar-refractivity contribution in [3.8, 4) is 16.8 Å². The summed E-state index contributed by atoms with van der Waals surface area (Å²) in [6.45, 7) is 3.81. The standard InChI is InChI=1S/C21H18ClN5O2/c1-12-4-6-14(7-5-12)18-17-13(2)25-26(16-10-8-15(22)9-11-16)21(17)24-20(23-3)19(18)27(28)29/h4-11H,1-3H3,(H,23,24). The van der Waals surface area contributed by atoms with E-state index in [1.165, 1.54) is 0 Å². The van der Waals surface area contributed by atoms with E-state index in [2.05, 4.69) is 15.4 Å². The fraction of sp³-hybridized carbons (Fsp3) is 0.143. The quantitative estimate of drug-likeness (QED) is 0.366. The molecule has 29 heavy (non-hydrogen) atoms. The minimum atomic E-state index is -0.396. The number of nitro groups is 1. The van der Waals surface area contributed by atoms with E-state index in [9.17, 15) is 10.1 Å². The number of benzene rings is 2. The van der Waals surface area contributed by atoms with Gasteiger partial charge in [-0.2, -0.15) is 5.10 Å². The summed E-state index contributed by atoms with van der Waals surface area (Å²) in [5, 5.41) is 20.8. The minimum absolute atomic E-state index is 0.0670. The lowest BCUT2D eigenvalue weighted by atomic mass is 9.99. The van der Waals surface area contributed by atoms with Crippen LogP contribution in [0.4, 0.5) is 11.5 Å². The maximum absolute atomic E-state index is 12.0. The van der Waals surface area contributed by atoms with E-state index in [1.54, 1.807) is 23.9 Å². The van der Waals surface area contributed by atoms with Crippen molar-refractivity contribution in [3.63, 3.8) is 0 Å². The molecule has 0 bridgehead atoms.